The van der Waals surface area contributed by atoms with E-state index < -0.39 is 18.0 Å². The molecule has 1 aliphatic carbocycles. The molecule has 0 saturated carbocycles. The number of nitrogens with one attached hydrogen (secondary N) is 2. The van der Waals surface area contributed by atoms with Crippen LogP contribution in [-0.2, 0) is 22.4 Å². The van der Waals surface area contributed by atoms with Crippen molar-refractivity contribution in [2.24, 2.45) is 11.7 Å². The molecule has 0 aliphatic heterocycles. The lowest BCUT2D eigenvalue weighted by Gasteiger charge is -2.29. The van der Waals surface area contributed by atoms with Crippen LogP contribution in [0.4, 0.5) is 0 Å². The first-order valence-corrected chi connectivity index (χ1v) is 9.85. The minimum Gasteiger partial charge on any atom is -0.493 e. The summed E-state index contributed by atoms with van der Waals surface area (Å²) in [6.07, 6.45) is 3.13. The van der Waals surface area contributed by atoms with Crippen LogP contribution in [0.15, 0.2) is 12.1 Å². The third kappa shape index (κ3) is 5.69. The summed E-state index contributed by atoms with van der Waals surface area (Å²) in [6.45, 7) is 5.75. The lowest BCUT2D eigenvalue weighted by atomic mass is 9.87. The molecule has 0 radical (unpaired) electrons. The lowest BCUT2D eigenvalue weighted by Crippen LogP contribution is -2.52. The third-order valence-electron chi connectivity index (χ3n) is 5.12. The van der Waals surface area contributed by atoms with Crippen LogP contribution in [0.25, 0.3) is 0 Å². The van der Waals surface area contributed by atoms with Gasteiger partial charge < -0.3 is 20.5 Å². The molecule has 1 aromatic rings. The van der Waals surface area contributed by atoms with E-state index in [-0.39, 0.29) is 11.9 Å². The number of nitrogens with two attached hydrogens (primary N) is 1. The summed E-state index contributed by atoms with van der Waals surface area (Å²) in [7, 11) is 3.25. The number of methoxy groups -OCH3 is 2. The van der Waals surface area contributed by atoms with Crippen molar-refractivity contribution in [3.63, 3.8) is 0 Å². The number of benzene rings is 1. The molecule has 2 amide bonds. The van der Waals surface area contributed by atoms with Crippen LogP contribution in [0.2, 0.25) is 0 Å². The summed E-state index contributed by atoms with van der Waals surface area (Å²) < 4.78 is 10.8. The third-order valence-corrected chi connectivity index (χ3v) is 5.12. The van der Waals surface area contributed by atoms with Crippen LogP contribution in [0.1, 0.15) is 44.7 Å². The normalized spacial score (nSPS) is 18.2. The first-order valence-electron chi connectivity index (χ1n) is 9.85. The summed E-state index contributed by atoms with van der Waals surface area (Å²) in [5, 5.41) is 5.76. The molecule has 0 saturated heterocycles. The fraction of sp³-hybridized carbons (Fsp3) is 0.619. The number of rotatable bonds is 8. The maximum atomic E-state index is 12.4. The van der Waals surface area contributed by atoms with Crippen molar-refractivity contribution in [2.75, 3.05) is 14.2 Å². The van der Waals surface area contributed by atoms with E-state index in [2.05, 4.69) is 10.6 Å². The fourth-order valence-corrected chi connectivity index (χ4v) is 3.59. The van der Waals surface area contributed by atoms with E-state index >= 15 is 0 Å². The van der Waals surface area contributed by atoms with Gasteiger partial charge in [0.25, 0.3) is 0 Å². The van der Waals surface area contributed by atoms with Crippen LogP contribution in [0.5, 0.6) is 11.5 Å². The van der Waals surface area contributed by atoms with Crippen LogP contribution < -0.4 is 25.8 Å². The average molecular weight is 392 g/mol. The van der Waals surface area contributed by atoms with Gasteiger partial charge in [-0.05, 0) is 61.8 Å². The lowest BCUT2D eigenvalue weighted by molar-refractivity contribution is -0.132. The molecule has 1 aliphatic rings. The number of amides is 2. The van der Waals surface area contributed by atoms with Gasteiger partial charge in [0.2, 0.25) is 11.8 Å². The van der Waals surface area contributed by atoms with Crippen molar-refractivity contribution in [1.29, 1.82) is 0 Å². The Morgan fingerprint density at radius 1 is 1.11 bits per heavy atom. The molecular weight excluding hydrogens is 358 g/mol. The quantitative estimate of drug-likeness (QED) is 0.621. The fourth-order valence-electron chi connectivity index (χ4n) is 3.59. The molecule has 0 bridgehead atoms. The second kappa shape index (κ2) is 9.89. The molecule has 0 aromatic heterocycles. The number of fused-ring (bicyclic) bond motifs is 1. The topological polar surface area (TPSA) is 103 Å². The Kier molecular flexibility index (Phi) is 7.83. The minimum absolute atomic E-state index is 0.144. The number of carbonyl (C=O) groups excluding carboxylic acids is 2. The van der Waals surface area contributed by atoms with Gasteiger partial charge in [-0.2, -0.15) is 0 Å². The number of ether oxygens (including phenoxy) is 2. The molecule has 0 spiro atoms. The molecule has 0 heterocycles. The van der Waals surface area contributed by atoms with Crippen molar-refractivity contribution < 1.29 is 19.1 Å². The van der Waals surface area contributed by atoms with Gasteiger partial charge in [-0.15, -0.1) is 0 Å². The zero-order valence-electron chi connectivity index (χ0n) is 17.5. The monoisotopic (exact) mass is 391 g/mol. The second-order valence-electron chi connectivity index (χ2n) is 7.89. The molecule has 3 atom stereocenters. The van der Waals surface area contributed by atoms with Gasteiger partial charge in [0, 0.05) is 6.04 Å². The van der Waals surface area contributed by atoms with Crippen LogP contribution in [-0.4, -0.2) is 44.2 Å². The second-order valence-corrected chi connectivity index (χ2v) is 7.89. The molecular formula is C21H33N3O4. The number of carbonyl (C=O) groups is 2. The zero-order chi connectivity index (χ0) is 20.8. The van der Waals surface area contributed by atoms with E-state index in [1.807, 2.05) is 26.0 Å². The van der Waals surface area contributed by atoms with Crippen molar-refractivity contribution in [3.8, 4) is 11.5 Å². The van der Waals surface area contributed by atoms with Crippen molar-refractivity contribution in [3.05, 3.63) is 23.3 Å². The summed E-state index contributed by atoms with van der Waals surface area (Å²) in [4.78, 5) is 24.4. The van der Waals surface area contributed by atoms with Gasteiger partial charge in [0.15, 0.2) is 11.5 Å². The van der Waals surface area contributed by atoms with Crippen LogP contribution >= 0.6 is 0 Å². The van der Waals surface area contributed by atoms with Crippen molar-refractivity contribution >= 4 is 11.8 Å². The van der Waals surface area contributed by atoms with Crippen LogP contribution in [0.3, 0.4) is 0 Å². The standard InChI is InChI=1S/C21H33N3O4/c1-12(2)8-17(22)21(26)24-20(25)13(3)23-16-7-6-14-10-18(27-4)19(28-5)11-15(14)9-16/h10-13,16-17,23H,6-9,22H2,1-5H3,(H,24,25,26)/t13-,16?,17-/m0/s1. The molecule has 28 heavy (non-hydrogen) atoms. The van der Waals surface area contributed by atoms with Crippen LogP contribution in [0, 0.1) is 5.92 Å². The number of imide groups is 1. The Labute approximate surface area is 167 Å². The zero-order valence-corrected chi connectivity index (χ0v) is 17.5. The SMILES string of the molecule is COc1cc2c(cc1OC)CC(N[C@@H](C)C(=O)NC(=O)[C@@H](N)CC(C)C)CC2. The van der Waals surface area contributed by atoms with Crippen molar-refractivity contribution in [1.82, 2.24) is 10.6 Å². The minimum atomic E-state index is -0.667. The Bertz CT molecular complexity index is 705. The largest absolute Gasteiger partial charge is 0.493 e. The van der Waals surface area contributed by atoms with E-state index in [0.717, 1.165) is 25.0 Å². The smallest absolute Gasteiger partial charge is 0.243 e. The van der Waals surface area contributed by atoms with E-state index in [9.17, 15) is 9.59 Å². The number of hydrogen-bond acceptors (Lipinski definition) is 6. The van der Waals surface area contributed by atoms with E-state index in [4.69, 9.17) is 15.2 Å². The molecule has 4 N–H and O–H groups in total. The molecule has 0 fully saturated rings. The van der Waals surface area contributed by atoms with Gasteiger partial charge in [0.05, 0.1) is 26.3 Å². The summed E-state index contributed by atoms with van der Waals surface area (Å²) in [6, 6.07) is 3.02. The highest BCUT2D eigenvalue weighted by molar-refractivity contribution is 5.99. The predicted octanol–water partition coefficient (Wildman–Crippen LogP) is 1.56. The molecule has 1 aromatic carbocycles. The Balaban J connectivity index is 1.94. The maximum absolute atomic E-state index is 12.4. The Morgan fingerprint density at radius 3 is 2.29 bits per heavy atom. The molecule has 1 unspecified atom stereocenters. The molecule has 2 rings (SSSR count). The highest BCUT2D eigenvalue weighted by Gasteiger charge is 2.26. The van der Waals surface area contributed by atoms with Gasteiger partial charge in [-0.25, -0.2) is 0 Å². The molecule has 156 valence electrons. The van der Waals surface area contributed by atoms with Gasteiger partial charge in [-0.3, -0.25) is 14.9 Å². The van der Waals surface area contributed by atoms with Crippen molar-refractivity contribution in [2.45, 2.75) is 64.6 Å². The van der Waals surface area contributed by atoms with E-state index in [1.54, 1.807) is 21.1 Å². The Hall–Kier alpha value is -2.12. The summed E-state index contributed by atoms with van der Waals surface area (Å²) >= 11 is 0. The molecule has 7 heteroatoms. The average Bonchev–Trinajstić information content (AvgIpc) is 2.65. The number of hydrogen-bond donors (Lipinski definition) is 3. The predicted molar refractivity (Wildman–Crippen MR) is 109 cm³/mol. The summed E-state index contributed by atoms with van der Waals surface area (Å²) in [5.41, 5.74) is 8.27. The summed E-state index contributed by atoms with van der Waals surface area (Å²) in [5.74, 6) is 0.971. The first kappa shape index (κ1) is 22.2. The highest BCUT2D eigenvalue weighted by Crippen LogP contribution is 2.34. The molecule has 7 nitrogen and oxygen atoms in total. The van der Waals surface area contributed by atoms with Gasteiger partial charge >= 0.3 is 0 Å². The van der Waals surface area contributed by atoms with Gasteiger partial charge in [0.1, 0.15) is 0 Å². The van der Waals surface area contributed by atoms with E-state index in [1.165, 1.54) is 11.1 Å². The first-order chi connectivity index (χ1) is 13.2. The number of aryl methyl sites for hydroxylation is 1. The maximum Gasteiger partial charge on any atom is 0.243 e. The van der Waals surface area contributed by atoms with Gasteiger partial charge in [-0.1, -0.05) is 13.8 Å². The Morgan fingerprint density at radius 2 is 1.71 bits per heavy atom. The highest BCUT2D eigenvalue weighted by atomic mass is 16.5. The van der Waals surface area contributed by atoms with E-state index in [0.29, 0.717) is 18.1 Å².